The van der Waals surface area contributed by atoms with Crippen LogP contribution in [0.25, 0.3) is 0 Å². The molecule has 0 saturated heterocycles. The summed E-state index contributed by atoms with van der Waals surface area (Å²) in [7, 11) is 0. The molecule has 0 spiro atoms. The summed E-state index contributed by atoms with van der Waals surface area (Å²) in [6, 6.07) is 0. The van der Waals surface area contributed by atoms with E-state index >= 15 is 0 Å². The summed E-state index contributed by atoms with van der Waals surface area (Å²) < 4.78 is -3.48. The van der Waals surface area contributed by atoms with Crippen molar-refractivity contribution < 1.29 is 0 Å². The van der Waals surface area contributed by atoms with Crippen LogP contribution in [0.4, 0.5) is 0 Å². The second-order valence-corrected chi connectivity index (χ2v) is 6.42. The molecule has 1 heterocycles. The lowest BCUT2D eigenvalue weighted by molar-refractivity contribution is 0.459. The van der Waals surface area contributed by atoms with Gasteiger partial charge in [-0.05, 0) is 5.21 Å². The summed E-state index contributed by atoms with van der Waals surface area (Å²) in [4.78, 5) is 0.824. The monoisotopic (exact) mass is 394 g/mol. The summed E-state index contributed by atoms with van der Waals surface area (Å²) in [6.07, 6.45) is 0. The molecule has 1 rings (SSSR count). The van der Waals surface area contributed by atoms with E-state index in [4.69, 9.17) is 58.0 Å². The lowest BCUT2D eigenvalue weighted by Gasteiger charge is -2.24. The van der Waals surface area contributed by atoms with E-state index < -0.39 is 8.25 Å². The Balaban J connectivity index is 3.07. The second kappa shape index (κ2) is 4.02. The number of hydrogen-bond acceptors (Lipinski definition) is 3. The van der Waals surface area contributed by atoms with Gasteiger partial charge in [0, 0.05) is 22.6 Å². The van der Waals surface area contributed by atoms with E-state index in [1.807, 2.05) is 22.6 Å². The fourth-order valence-electron chi connectivity index (χ4n) is 0.430. The van der Waals surface area contributed by atoms with Crippen LogP contribution in [0.5, 0.6) is 0 Å². The molecule has 0 radical (unpaired) electrons. The largest absolute Gasteiger partial charge is 0.276 e. The zero-order valence-electron chi connectivity index (χ0n) is 5.56. The first-order valence-electron chi connectivity index (χ1n) is 2.65. The first-order valence-corrected chi connectivity index (χ1v) is 5.62. The highest BCUT2D eigenvalue weighted by Gasteiger charge is 2.50. The van der Waals surface area contributed by atoms with Crippen molar-refractivity contribution in [3.63, 3.8) is 0 Å². The number of nitrogens with zero attached hydrogens (tertiary/aromatic N) is 4. The third kappa shape index (κ3) is 2.63. The fraction of sp³-hybridized carbons (Fsp3) is 0.667. The Hall–Kier alpha value is 1.25. The van der Waals surface area contributed by atoms with Gasteiger partial charge in [-0.25, -0.2) is 0 Å². The second-order valence-electron chi connectivity index (χ2n) is 1.89. The number of hydrogen-bond donors (Lipinski definition) is 0. The predicted molar refractivity (Wildman–Crippen MR) is 60.5 cm³/mol. The third-order valence-electron chi connectivity index (χ3n) is 0.981. The molecular weight excluding hydrogens is 396 g/mol. The number of alkyl halides is 5. The average molecular weight is 396 g/mol. The van der Waals surface area contributed by atoms with E-state index in [1.54, 1.807) is 0 Å². The van der Waals surface area contributed by atoms with Crippen LogP contribution in [-0.2, 0) is 4.46 Å². The van der Waals surface area contributed by atoms with E-state index in [1.165, 1.54) is 0 Å². The molecule has 0 aliphatic rings. The van der Waals surface area contributed by atoms with Crippen molar-refractivity contribution in [2.45, 2.75) is 8.25 Å². The Morgan fingerprint density at radius 2 is 1.69 bits per heavy atom. The zero-order chi connectivity index (χ0) is 10.3. The van der Waals surface area contributed by atoms with Crippen LogP contribution in [0, 0.1) is 3.83 Å². The quantitative estimate of drug-likeness (QED) is 0.542. The van der Waals surface area contributed by atoms with Gasteiger partial charge in [-0.15, -0.1) is 15.0 Å². The third-order valence-corrected chi connectivity index (χ3v) is 3.68. The van der Waals surface area contributed by atoms with Crippen LogP contribution >= 0.6 is 80.6 Å². The van der Waals surface area contributed by atoms with Crippen molar-refractivity contribution in [3.05, 3.63) is 3.83 Å². The highest BCUT2D eigenvalue weighted by molar-refractivity contribution is 14.1. The Morgan fingerprint density at radius 3 is 2.00 bits per heavy atom. The molecule has 0 unspecified atom stereocenters. The highest BCUT2D eigenvalue weighted by atomic mass is 127. The highest BCUT2D eigenvalue weighted by Crippen LogP contribution is 2.48. The molecule has 0 atom stereocenters. The van der Waals surface area contributed by atoms with Crippen LogP contribution in [0.1, 0.15) is 0 Å². The van der Waals surface area contributed by atoms with Gasteiger partial charge in [-0.2, -0.15) is 0 Å². The number of aromatic nitrogens is 4. The first kappa shape index (κ1) is 12.3. The average Bonchev–Trinajstić information content (AvgIpc) is 2.33. The Kier molecular flexibility index (Phi) is 3.81. The van der Waals surface area contributed by atoms with Gasteiger partial charge in [-0.1, -0.05) is 58.0 Å². The van der Waals surface area contributed by atoms with Gasteiger partial charge in [-0.3, -0.25) is 0 Å². The summed E-state index contributed by atoms with van der Waals surface area (Å²) in [6.45, 7) is 0. The molecule has 74 valence electrons. The van der Waals surface area contributed by atoms with Gasteiger partial charge < -0.3 is 0 Å². The SMILES string of the molecule is ClC(Cl)(Cl)C(Cl)(Cl)n1nnc(I)n1. The Labute approximate surface area is 112 Å². The van der Waals surface area contributed by atoms with Crippen molar-refractivity contribution in [2.24, 2.45) is 0 Å². The van der Waals surface area contributed by atoms with Crippen molar-refractivity contribution in [1.82, 2.24) is 20.2 Å². The molecule has 0 aromatic carbocycles. The predicted octanol–water partition coefficient (Wildman–Crippen LogP) is 2.74. The van der Waals surface area contributed by atoms with Crippen LogP contribution in [0.3, 0.4) is 0 Å². The molecule has 4 nitrogen and oxygen atoms in total. The molecule has 13 heavy (non-hydrogen) atoms. The molecule has 0 bridgehead atoms. The van der Waals surface area contributed by atoms with Crippen molar-refractivity contribution in [3.8, 4) is 0 Å². The van der Waals surface area contributed by atoms with Crippen LogP contribution in [-0.4, -0.2) is 24.0 Å². The maximum Gasteiger partial charge on any atom is 0.276 e. The smallest absolute Gasteiger partial charge is 0.122 e. The normalized spacial score (nSPS) is 13.4. The standard InChI is InChI=1S/C3Cl5IN4/c4-2(5,6)3(7,8)13-11-1(9)10-12-13. The van der Waals surface area contributed by atoms with E-state index in [-0.39, 0.29) is 0 Å². The minimum atomic E-state index is -1.94. The van der Waals surface area contributed by atoms with Gasteiger partial charge >= 0.3 is 0 Å². The lowest BCUT2D eigenvalue weighted by Crippen LogP contribution is -2.36. The van der Waals surface area contributed by atoms with Gasteiger partial charge in [0.15, 0.2) is 0 Å². The molecule has 1 aromatic heterocycles. The molecule has 0 aliphatic heterocycles. The van der Waals surface area contributed by atoms with E-state index in [0.29, 0.717) is 3.83 Å². The molecule has 0 fully saturated rings. The van der Waals surface area contributed by atoms with E-state index in [9.17, 15) is 0 Å². The topological polar surface area (TPSA) is 43.6 Å². The summed E-state index contributed by atoms with van der Waals surface area (Å²) in [5.74, 6) is 0. The molecule has 0 aliphatic carbocycles. The zero-order valence-corrected chi connectivity index (χ0v) is 11.5. The van der Waals surface area contributed by atoms with Crippen LogP contribution in [0.15, 0.2) is 0 Å². The van der Waals surface area contributed by atoms with Crippen LogP contribution < -0.4 is 0 Å². The summed E-state index contributed by atoms with van der Waals surface area (Å²) in [5, 5.41) is 10.7. The molecular formula is C3Cl5IN4. The first-order chi connectivity index (χ1) is 5.75. The molecule has 0 saturated carbocycles. The molecule has 0 N–H and O–H groups in total. The van der Waals surface area contributed by atoms with Crippen molar-refractivity contribution >= 4 is 80.6 Å². The molecule has 1 aromatic rings. The van der Waals surface area contributed by atoms with Gasteiger partial charge in [0.2, 0.25) is 7.62 Å². The minimum absolute atomic E-state index is 0.345. The van der Waals surface area contributed by atoms with E-state index in [0.717, 1.165) is 4.80 Å². The number of tetrazole rings is 1. The Morgan fingerprint density at radius 1 is 1.15 bits per heavy atom. The fourth-order valence-corrected chi connectivity index (χ4v) is 1.10. The maximum absolute atomic E-state index is 5.72. The van der Waals surface area contributed by atoms with E-state index in [2.05, 4.69) is 15.4 Å². The Bertz CT molecular complexity index is 305. The summed E-state index contributed by atoms with van der Waals surface area (Å²) >= 11 is 29.8. The van der Waals surface area contributed by atoms with Crippen molar-refractivity contribution in [1.29, 1.82) is 0 Å². The lowest BCUT2D eigenvalue weighted by atomic mass is 10.7. The maximum atomic E-state index is 5.72. The molecule has 0 amide bonds. The van der Waals surface area contributed by atoms with Gasteiger partial charge in [0.05, 0.1) is 0 Å². The summed E-state index contributed by atoms with van der Waals surface area (Å²) in [5.41, 5.74) is 0. The van der Waals surface area contributed by atoms with Crippen molar-refractivity contribution in [2.75, 3.05) is 0 Å². The molecule has 10 heteroatoms. The minimum Gasteiger partial charge on any atom is -0.122 e. The van der Waals surface area contributed by atoms with Gasteiger partial charge in [0.25, 0.3) is 4.46 Å². The number of halogens is 6. The number of rotatable bonds is 1. The van der Waals surface area contributed by atoms with Crippen LogP contribution in [0.2, 0.25) is 0 Å². The van der Waals surface area contributed by atoms with Gasteiger partial charge in [0.1, 0.15) is 0 Å².